The third kappa shape index (κ3) is 17.3. The number of aliphatic imine (C=N–C) groups is 1. The van der Waals surface area contributed by atoms with E-state index in [0.29, 0.717) is 5.56 Å². The normalized spacial score (nSPS) is 14.3. The van der Waals surface area contributed by atoms with Crippen molar-refractivity contribution in [2.75, 3.05) is 34.0 Å². The summed E-state index contributed by atoms with van der Waals surface area (Å²) in [7, 11) is 2.20. The van der Waals surface area contributed by atoms with Gasteiger partial charge in [-0.3, -0.25) is 0 Å². The van der Waals surface area contributed by atoms with Crippen molar-refractivity contribution >= 4 is 5.90 Å². The van der Waals surface area contributed by atoms with Crippen molar-refractivity contribution in [1.82, 2.24) is 0 Å². The summed E-state index contributed by atoms with van der Waals surface area (Å²) in [5.74, 6) is 0.227. The molecule has 236 valence electrons. The Bertz CT molecular complexity index is 726. The second-order valence-corrected chi connectivity index (χ2v) is 5.65. The molecule has 0 bridgehead atoms. The maximum absolute atomic E-state index is 5.58. The van der Waals surface area contributed by atoms with Gasteiger partial charge in [-0.25, -0.2) is 24.5 Å². The molecule has 0 aromatic heterocycles. The van der Waals surface area contributed by atoms with Gasteiger partial charge in [0.15, 0.2) is 5.54 Å². The van der Waals surface area contributed by atoms with Crippen LogP contribution < -0.4 is 0 Å². The summed E-state index contributed by atoms with van der Waals surface area (Å²) in [4.78, 5) is 21.9. The average molecular weight is 619 g/mol. The zero-order chi connectivity index (χ0) is 29.1. The van der Waals surface area contributed by atoms with Crippen molar-refractivity contribution in [2.24, 2.45) is 4.99 Å². The van der Waals surface area contributed by atoms with Crippen LogP contribution in [0.2, 0.25) is 0 Å². The number of nitrogens with zero attached hydrogens (tertiary/aromatic N) is 1. The van der Waals surface area contributed by atoms with E-state index in [1.165, 1.54) is 0 Å². The number of rotatable bonds is 29. The van der Waals surface area contributed by atoms with Gasteiger partial charge in [-0.05, 0) is 123 Å². The molecule has 0 aliphatic carbocycles. The summed E-state index contributed by atoms with van der Waals surface area (Å²) < 4.78 is 5.58. The number of hydrogen-bond acceptors (Lipinski definition) is 28. The topological polar surface area (TPSA) is 262 Å². The molecular weight excluding hydrogens is 602 g/mol. The number of ether oxygens (including phenoxy) is 1. The molecule has 1 aromatic rings. The molecule has 0 atom stereocenters. The van der Waals surface area contributed by atoms with Crippen molar-refractivity contribution in [3.05, 3.63) is 35.9 Å². The van der Waals surface area contributed by atoms with Crippen LogP contribution in [0.15, 0.2) is 35.3 Å². The molecule has 0 saturated heterocycles. The molecule has 0 amide bonds. The number of hydrogen-bond donors (Lipinski definition) is 0. The fourth-order valence-electron chi connectivity index (χ4n) is 1.97. The molecule has 1 heterocycles. The van der Waals surface area contributed by atoms with E-state index in [9.17, 15) is 0 Å². The molecular formula is C13H17NO27. The summed E-state index contributed by atoms with van der Waals surface area (Å²) in [5.41, 5.74) is -0.673. The van der Waals surface area contributed by atoms with Crippen molar-refractivity contribution in [1.29, 1.82) is 0 Å². The van der Waals surface area contributed by atoms with Crippen LogP contribution in [0.5, 0.6) is 0 Å². The molecule has 0 unspecified atom stereocenters. The Morgan fingerprint density at radius 2 is 0.902 bits per heavy atom. The lowest BCUT2D eigenvalue weighted by molar-refractivity contribution is -0.870. The average Bonchev–Trinajstić information content (AvgIpc) is 3.42. The molecule has 2 rings (SSSR count). The molecule has 1 aliphatic heterocycles. The van der Waals surface area contributed by atoms with Gasteiger partial charge in [0.2, 0.25) is 5.90 Å². The first kappa shape index (κ1) is 34.8. The SMILES string of the molecule is COOOOOOOOOOOOOCC1(COOOOOOOOOOOOOC)COC(c2ccccc2)=N1. The first-order valence-electron chi connectivity index (χ1n) is 9.56. The van der Waals surface area contributed by atoms with Gasteiger partial charge >= 0.3 is 0 Å². The second kappa shape index (κ2) is 24.3. The Balaban J connectivity index is 1.59. The van der Waals surface area contributed by atoms with E-state index in [2.05, 4.69) is 126 Å². The van der Waals surface area contributed by atoms with Crippen molar-refractivity contribution in [3.63, 3.8) is 0 Å². The first-order chi connectivity index (χ1) is 20.3. The standard InChI is InChI=1S/C13H17NO27/c1-15-20-24-28-32-36-40-38-34-30-26-22-18-9-13(8-17-12(14-13)11-6-4-3-5-7-11)10-19-23-27-31-35-39-41-37-33-29-25-21-16-2/h3-7H,8-10H2,1-2H3. The minimum atomic E-state index is -1.31. The highest BCUT2D eigenvalue weighted by molar-refractivity contribution is 5.95. The van der Waals surface area contributed by atoms with Gasteiger partial charge < -0.3 is 4.74 Å². The van der Waals surface area contributed by atoms with Crippen LogP contribution in [0.3, 0.4) is 0 Å². The molecule has 0 radical (unpaired) electrons. The van der Waals surface area contributed by atoms with Crippen molar-refractivity contribution < 1.29 is 135 Å². The van der Waals surface area contributed by atoms with E-state index < -0.39 is 18.8 Å². The molecule has 41 heavy (non-hydrogen) atoms. The largest absolute Gasteiger partial charge is 0.475 e. The van der Waals surface area contributed by atoms with Gasteiger partial charge in [0.25, 0.3) is 0 Å². The Morgan fingerprint density at radius 1 is 0.537 bits per heavy atom. The lowest BCUT2D eigenvalue weighted by Crippen LogP contribution is -2.39. The minimum Gasteiger partial charge on any atom is -0.475 e. The summed E-state index contributed by atoms with van der Waals surface area (Å²) >= 11 is 0. The predicted octanol–water partition coefficient (Wildman–Crippen LogP) is -0.147. The Morgan fingerprint density at radius 3 is 1.29 bits per heavy atom. The van der Waals surface area contributed by atoms with Crippen LogP contribution >= 0.6 is 0 Å². The fourth-order valence-corrected chi connectivity index (χ4v) is 1.97. The molecule has 1 aromatic carbocycles. The molecule has 0 N–H and O–H groups in total. The lowest BCUT2D eigenvalue weighted by Gasteiger charge is -2.20. The summed E-state index contributed by atoms with van der Waals surface area (Å²) in [6.07, 6.45) is 0. The van der Waals surface area contributed by atoms with Crippen LogP contribution in [0.4, 0.5) is 0 Å². The molecule has 28 nitrogen and oxygen atoms in total. The van der Waals surface area contributed by atoms with Gasteiger partial charge in [-0.15, -0.1) is 0 Å². The highest BCUT2D eigenvalue weighted by Gasteiger charge is 2.39. The zero-order valence-electron chi connectivity index (χ0n) is 20.0. The molecule has 0 saturated carbocycles. The molecule has 0 fully saturated rings. The van der Waals surface area contributed by atoms with Crippen LogP contribution in [-0.2, 0) is 135 Å². The molecule has 28 heteroatoms. The monoisotopic (exact) mass is 619 g/mol. The third-order valence-electron chi connectivity index (χ3n) is 3.28. The predicted molar refractivity (Wildman–Crippen MR) is 91.5 cm³/mol. The van der Waals surface area contributed by atoms with E-state index in [4.69, 9.17) is 14.5 Å². The Hall–Kier alpha value is -2.35. The maximum atomic E-state index is 5.58. The van der Waals surface area contributed by atoms with E-state index in [1.54, 1.807) is 30.3 Å². The van der Waals surface area contributed by atoms with Crippen molar-refractivity contribution in [3.8, 4) is 0 Å². The van der Waals surface area contributed by atoms with E-state index in [0.717, 1.165) is 14.2 Å². The third-order valence-corrected chi connectivity index (χ3v) is 3.28. The van der Waals surface area contributed by atoms with E-state index in [-0.39, 0.29) is 12.5 Å². The lowest BCUT2D eigenvalue weighted by atomic mass is 10.1. The Kier molecular flexibility index (Phi) is 20.6. The molecule has 0 spiro atoms. The highest BCUT2D eigenvalue weighted by atomic mass is 18.0. The fraction of sp³-hybridized carbons (Fsp3) is 0.462. The smallest absolute Gasteiger partial charge is 0.217 e. The number of benzene rings is 1. The highest BCUT2D eigenvalue weighted by Crippen LogP contribution is 2.23. The van der Waals surface area contributed by atoms with Gasteiger partial charge in [0.1, 0.15) is 19.8 Å². The molecule has 1 aliphatic rings. The zero-order valence-corrected chi connectivity index (χ0v) is 20.0. The van der Waals surface area contributed by atoms with Gasteiger partial charge in [-0.2, -0.15) is 0 Å². The van der Waals surface area contributed by atoms with Crippen LogP contribution in [0.25, 0.3) is 0 Å². The summed E-state index contributed by atoms with van der Waals surface area (Å²) in [6.45, 7) is -0.917. The first-order valence-corrected chi connectivity index (χ1v) is 9.56. The summed E-state index contributed by atoms with van der Waals surface area (Å²) in [6, 6.07) is 8.78. The quantitative estimate of drug-likeness (QED) is 0.0641. The van der Waals surface area contributed by atoms with Crippen LogP contribution in [0.1, 0.15) is 5.56 Å². The van der Waals surface area contributed by atoms with Crippen LogP contribution in [0, 0.1) is 0 Å². The van der Waals surface area contributed by atoms with Crippen molar-refractivity contribution in [2.45, 2.75) is 5.54 Å². The van der Waals surface area contributed by atoms with E-state index in [1.807, 2.05) is 0 Å². The second-order valence-electron chi connectivity index (χ2n) is 5.65. The van der Waals surface area contributed by atoms with Crippen LogP contribution in [-0.4, -0.2) is 45.5 Å². The van der Waals surface area contributed by atoms with Gasteiger partial charge in [0, 0.05) is 5.56 Å². The Labute approximate surface area is 222 Å². The summed E-state index contributed by atoms with van der Waals surface area (Å²) in [5, 5.41) is 83.5. The van der Waals surface area contributed by atoms with E-state index >= 15 is 0 Å². The minimum absolute atomic E-state index is 0.107. The van der Waals surface area contributed by atoms with Gasteiger partial charge in [0.05, 0.1) is 14.2 Å². The maximum Gasteiger partial charge on any atom is 0.217 e. The van der Waals surface area contributed by atoms with Gasteiger partial charge in [-0.1, -0.05) is 18.2 Å².